The van der Waals surface area contributed by atoms with Crippen molar-refractivity contribution in [2.75, 3.05) is 32.7 Å². The second kappa shape index (κ2) is 7.84. The summed E-state index contributed by atoms with van der Waals surface area (Å²) in [5, 5.41) is 7.25. The van der Waals surface area contributed by atoms with E-state index in [1.54, 1.807) is 0 Å². The first-order valence-corrected chi connectivity index (χ1v) is 9.23. The Morgan fingerprint density at radius 2 is 2.20 bits per heavy atom. The number of hydrogen-bond acceptors (Lipinski definition) is 5. The molecule has 0 spiro atoms. The van der Waals surface area contributed by atoms with Crippen LogP contribution in [0.4, 0.5) is 0 Å². The van der Waals surface area contributed by atoms with Crippen LogP contribution < -0.4 is 5.32 Å². The van der Waals surface area contributed by atoms with Crippen molar-refractivity contribution in [3.63, 3.8) is 0 Å². The van der Waals surface area contributed by atoms with E-state index in [0.717, 1.165) is 44.3 Å². The molecule has 1 aliphatic carbocycles. The fourth-order valence-corrected chi connectivity index (χ4v) is 2.93. The van der Waals surface area contributed by atoms with E-state index in [1.807, 2.05) is 30.6 Å². The molecule has 2 fully saturated rings. The van der Waals surface area contributed by atoms with Crippen LogP contribution in [0.15, 0.2) is 9.52 Å². The number of aliphatic imine (C=N–C) groups is 1. The van der Waals surface area contributed by atoms with Crippen molar-refractivity contribution in [2.24, 2.45) is 4.99 Å². The molecule has 2 aliphatic rings. The topological polar surface area (TPSA) is 86.9 Å². The third kappa shape index (κ3) is 4.49. The number of amides is 1. The van der Waals surface area contributed by atoms with Crippen molar-refractivity contribution >= 4 is 11.9 Å². The monoisotopic (exact) mass is 348 g/mol. The van der Waals surface area contributed by atoms with Crippen molar-refractivity contribution in [2.45, 2.75) is 52.0 Å². The van der Waals surface area contributed by atoms with E-state index in [-0.39, 0.29) is 11.8 Å². The van der Waals surface area contributed by atoms with Gasteiger partial charge in [-0.1, -0.05) is 19.0 Å². The van der Waals surface area contributed by atoms with Gasteiger partial charge >= 0.3 is 0 Å². The van der Waals surface area contributed by atoms with E-state index in [4.69, 9.17) is 4.52 Å². The van der Waals surface area contributed by atoms with Crippen molar-refractivity contribution < 1.29 is 9.32 Å². The van der Waals surface area contributed by atoms with Crippen LogP contribution in [0.1, 0.15) is 51.2 Å². The average molecular weight is 348 g/mol. The fraction of sp³-hybridized carbons (Fsp3) is 0.765. The number of guanidine groups is 1. The van der Waals surface area contributed by atoms with Crippen LogP contribution in [0.2, 0.25) is 0 Å². The van der Waals surface area contributed by atoms with Gasteiger partial charge in [0.1, 0.15) is 0 Å². The lowest BCUT2D eigenvalue weighted by molar-refractivity contribution is -0.135. The Kier molecular flexibility index (Phi) is 5.55. The highest BCUT2D eigenvalue weighted by Gasteiger charge is 2.36. The highest BCUT2D eigenvalue weighted by molar-refractivity contribution is 5.88. The lowest BCUT2D eigenvalue weighted by Crippen LogP contribution is -2.55. The van der Waals surface area contributed by atoms with Gasteiger partial charge < -0.3 is 19.6 Å². The molecule has 1 N–H and O–H groups in total. The summed E-state index contributed by atoms with van der Waals surface area (Å²) >= 11 is 0. The highest BCUT2D eigenvalue weighted by Crippen LogP contribution is 2.28. The first-order valence-electron chi connectivity index (χ1n) is 9.23. The maximum absolute atomic E-state index is 12.3. The van der Waals surface area contributed by atoms with Gasteiger partial charge in [-0.15, -0.1) is 0 Å². The first kappa shape index (κ1) is 17.7. The Hall–Kier alpha value is -2.12. The highest BCUT2D eigenvalue weighted by atomic mass is 16.5. The van der Waals surface area contributed by atoms with Crippen LogP contribution >= 0.6 is 0 Å². The van der Waals surface area contributed by atoms with Crippen molar-refractivity contribution in [1.29, 1.82) is 0 Å². The van der Waals surface area contributed by atoms with E-state index in [1.165, 1.54) is 0 Å². The molecular weight excluding hydrogens is 320 g/mol. The lowest BCUT2D eigenvalue weighted by Gasteiger charge is -2.36. The molecule has 1 saturated heterocycles. The molecular formula is C17H28N6O2. The van der Waals surface area contributed by atoms with Crippen molar-refractivity contribution in [3.05, 3.63) is 11.7 Å². The molecule has 0 unspecified atom stereocenters. The number of rotatable bonds is 6. The predicted octanol–water partition coefficient (Wildman–Crippen LogP) is 1.01. The number of nitrogens with zero attached hydrogens (tertiary/aromatic N) is 5. The third-order valence-electron chi connectivity index (χ3n) is 4.47. The Morgan fingerprint density at radius 1 is 1.40 bits per heavy atom. The first-order chi connectivity index (χ1) is 12.1. The molecule has 25 heavy (non-hydrogen) atoms. The number of carbonyl (C=O) groups is 1. The zero-order chi connectivity index (χ0) is 17.8. The molecule has 2 heterocycles. The second-order valence-electron chi connectivity index (χ2n) is 6.93. The molecule has 3 rings (SSSR count). The fourth-order valence-electron chi connectivity index (χ4n) is 2.93. The molecule has 1 amide bonds. The Labute approximate surface area is 148 Å². The van der Waals surface area contributed by atoms with Gasteiger partial charge in [-0.2, -0.15) is 4.98 Å². The van der Waals surface area contributed by atoms with E-state index < -0.39 is 0 Å². The van der Waals surface area contributed by atoms with Crippen molar-refractivity contribution in [1.82, 2.24) is 25.3 Å². The van der Waals surface area contributed by atoms with Gasteiger partial charge in [0.15, 0.2) is 11.8 Å². The number of carbonyl (C=O) groups excluding carboxylic acids is 1. The number of piperazine rings is 1. The molecule has 1 aromatic rings. The molecule has 8 nitrogen and oxygen atoms in total. The van der Waals surface area contributed by atoms with Gasteiger partial charge in [0, 0.05) is 38.0 Å². The minimum Gasteiger partial charge on any atom is -0.357 e. The van der Waals surface area contributed by atoms with Gasteiger partial charge in [0.05, 0.1) is 13.1 Å². The third-order valence-corrected chi connectivity index (χ3v) is 4.47. The maximum atomic E-state index is 12.3. The average Bonchev–Trinajstić information content (AvgIpc) is 3.31. The summed E-state index contributed by atoms with van der Waals surface area (Å²) in [6.07, 6.45) is 2.91. The molecule has 0 aromatic carbocycles. The predicted molar refractivity (Wildman–Crippen MR) is 94.4 cm³/mol. The minimum absolute atomic E-state index is 0.206. The largest absolute Gasteiger partial charge is 0.357 e. The second-order valence-corrected chi connectivity index (χ2v) is 6.93. The van der Waals surface area contributed by atoms with E-state index in [2.05, 4.69) is 20.4 Å². The summed E-state index contributed by atoms with van der Waals surface area (Å²) in [6, 6.07) is 0.488. The number of nitrogens with one attached hydrogen (secondary N) is 1. The van der Waals surface area contributed by atoms with E-state index >= 15 is 0 Å². The summed E-state index contributed by atoms with van der Waals surface area (Å²) in [7, 11) is 0. The van der Waals surface area contributed by atoms with Gasteiger partial charge in [0.2, 0.25) is 11.8 Å². The molecule has 138 valence electrons. The van der Waals surface area contributed by atoms with Crippen molar-refractivity contribution in [3.8, 4) is 0 Å². The van der Waals surface area contributed by atoms with Gasteiger partial charge in [-0.3, -0.25) is 9.79 Å². The van der Waals surface area contributed by atoms with E-state index in [9.17, 15) is 4.79 Å². The lowest BCUT2D eigenvalue weighted by atomic mass is 10.2. The minimum atomic E-state index is 0.206. The molecule has 0 radical (unpaired) electrons. The van der Waals surface area contributed by atoms with Gasteiger partial charge in [-0.25, -0.2) is 0 Å². The van der Waals surface area contributed by atoms with Crippen LogP contribution in [0.3, 0.4) is 0 Å². The van der Waals surface area contributed by atoms with Crippen LogP contribution in [-0.2, 0) is 11.2 Å². The van der Waals surface area contributed by atoms with E-state index in [0.29, 0.717) is 31.4 Å². The maximum Gasteiger partial charge on any atom is 0.242 e. The van der Waals surface area contributed by atoms with Crippen LogP contribution in [0.5, 0.6) is 0 Å². The number of hydrogen-bond donors (Lipinski definition) is 1. The van der Waals surface area contributed by atoms with Crippen LogP contribution in [-0.4, -0.2) is 70.6 Å². The summed E-state index contributed by atoms with van der Waals surface area (Å²) in [5.74, 6) is 2.59. The van der Waals surface area contributed by atoms with Crippen LogP contribution in [0.25, 0.3) is 0 Å². The summed E-state index contributed by atoms with van der Waals surface area (Å²) in [6.45, 7) is 9.45. The molecule has 1 saturated carbocycles. The Bertz CT molecular complexity index is 622. The summed E-state index contributed by atoms with van der Waals surface area (Å²) in [4.78, 5) is 25.4. The SMILES string of the molecule is CCNC(=NCCc1nc(C(C)C)no1)N1CCN(C2CC2)C(=O)C1. The zero-order valence-corrected chi connectivity index (χ0v) is 15.4. The molecule has 8 heteroatoms. The smallest absolute Gasteiger partial charge is 0.242 e. The van der Waals surface area contributed by atoms with Gasteiger partial charge in [0.25, 0.3) is 0 Å². The standard InChI is InChI=1S/C17H28N6O2/c1-4-18-17(19-8-7-14-20-16(12(2)3)21-25-14)22-9-10-23(13-5-6-13)15(24)11-22/h12-13H,4-11H2,1-3H3,(H,18,19). The van der Waals surface area contributed by atoms with Crippen LogP contribution in [0, 0.1) is 0 Å². The zero-order valence-electron chi connectivity index (χ0n) is 15.4. The number of aromatic nitrogens is 2. The molecule has 1 aliphatic heterocycles. The molecule has 0 atom stereocenters. The summed E-state index contributed by atoms with van der Waals surface area (Å²) < 4.78 is 5.25. The Morgan fingerprint density at radius 3 is 2.80 bits per heavy atom. The quantitative estimate of drug-likeness (QED) is 0.610. The van der Waals surface area contributed by atoms with Gasteiger partial charge in [-0.05, 0) is 19.8 Å². The molecule has 1 aromatic heterocycles. The summed E-state index contributed by atoms with van der Waals surface area (Å²) in [5.41, 5.74) is 0. The molecule has 0 bridgehead atoms. The Balaban J connectivity index is 1.56. The normalized spacial score (nSPS) is 19.0.